The van der Waals surface area contributed by atoms with E-state index in [1.54, 1.807) is 0 Å². The van der Waals surface area contributed by atoms with Gasteiger partial charge in [-0.1, -0.05) is 45.0 Å². The Morgan fingerprint density at radius 3 is 2.05 bits per heavy atom. The van der Waals surface area contributed by atoms with Gasteiger partial charge in [-0.25, -0.2) is 0 Å². The van der Waals surface area contributed by atoms with Gasteiger partial charge in [0, 0.05) is 12.0 Å². The molecule has 1 N–H and O–H groups in total. The van der Waals surface area contributed by atoms with Crippen LogP contribution >= 0.6 is 0 Å². The number of aliphatic hydroxyl groups is 1. The molecule has 0 bridgehead atoms. The lowest BCUT2D eigenvalue weighted by Crippen LogP contribution is -2.51. The van der Waals surface area contributed by atoms with E-state index in [4.69, 9.17) is 0 Å². The summed E-state index contributed by atoms with van der Waals surface area (Å²) in [4.78, 5) is 2.13. The van der Waals surface area contributed by atoms with Gasteiger partial charge in [0.2, 0.25) is 0 Å². The Hall–Kier alpha value is -0.860. The van der Waals surface area contributed by atoms with Gasteiger partial charge >= 0.3 is 0 Å². The van der Waals surface area contributed by atoms with Crippen molar-refractivity contribution in [3.05, 3.63) is 35.4 Å². The van der Waals surface area contributed by atoms with Crippen molar-refractivity contribution in [3.63, 3.8) is 0 Å². The summed E-state index contributed by atoms with van der Waals surface area (Å²) in [5.74, 6) is 0.557. The minimum Gasteiger partial charge on any atom is -0.391 e. The molecule has 0 saturated carbocycles. The number of nitrogens with zero attached hydrogens (tertiary/aromatic N) is 1. The lowest BCUT2D eigenvalue weighted by molar-refractivity contribution is 0.00301. The zero-order chi connectivity index (χ0) is 14.6. The van der Waals surface area contributed by atoms with Crippen molar-refractivity contribution in [2.45, 2.75) is 58.1 Å². The normalized spacial score (nSPS) is 16.7. The zero-order valence-corrected chi connectivity index (χ0v) is 13.3. The second-order valence-electron chi connectivity index (χ2n) is 6.22. The van der Waals surface area contributed by atoms with Gasteiger partial charge in [0.15, 0.2) is 0 Å². The SMILES string of the molecule is CCC(C)(C(O)Cc1ccc(C(C)C)cc1)N(C)C. The lowest BCUT2D eigenvalue weighted by atomic mass is 9.86. The van der Waals surface area contributed by atoms with Gasteiger partial charge in [-0.3, -0.25) is 0 Å². The maximum absolute atomic E-state index is 10.5. The molecule has 0 aliphatic carbocycles. The molecular weight excluding hydrogens is 234 g/mol. The van der Waals surface area contributed by atoms with Crippen molar-refractivity contribution >= 4 is 0 Å². The first kappa shape index (κ1) is 16.2. The number of aliphatic hydroxyl groups excluding tert-OH is 1. The van der Waals surface area contributed by atoms with E-state index in [1.807, 2.05) is 14.1 Å². The molecule has 2 heteroatoms. The molecule has 0 spiro atoms. The zero-order valence-electron chi connectivity index (χ0n) is 13.3. The van der Waals surface area contributed by atoms with Crippen molar-refractivity contribution < 1.29 is 5.11 Å². The molecule has 0 saturated heterocycles. The molecule has 0 aliphatic heterocycles. The Morgan fingerprint density at radius 2 is 1.68 bits per heavy atom. The molecule has 0 amide bonds. The van der Waals surface area contributed by atoms with Gasteiger partial charge in [0.25, 0.3) is 0 Å². The van der Waals surface area contributed by atoms with E-state index in [-0.39, 0.29) is 11.6 Å². The van der Waals surface area contributed by atoms with Gasteiger partial charge < -0.3 is 10.0 Å². The molecule has 2 atom stereocenters. The summed E-state index contributed by atoms with van der Waals surface area (Å²) in [6.07, 6.45) is 1.30. The highest BCUT2D eigenvalue weighted by molar-refractivity contribution is 5.25. The fraction of sp³-hybridized carbons (Fsp3) is 0.647. The molecule has 2 unspecified atom stereocenters. The number of rotatable bonds is 6. The Kier molecular flexibility index (Phi) is 5.57. The largest absolute Gasteiger partial charge is 0.391 e. The standard InChI is InChI=1S/C17H29NO/c1-7-17(4,18(5)6)16(19)12-14-8-10-15(11-9-14)13(2)3/h8-11,13,16,19H,7,12H2,1-6H3. The molecule has 108 valence electrons. The van der Waals surface area contributed by atoms with Crippen LogP contribution in [0.15, 0.2) is 24.3 Å². The maximum atomic E-state index is 10.5. The summed E-state index contributed by atoms with van der Waals surface area (Å²) in [6, 6.07) is 8.63. The average molecular weight is 263 g/mol. The maximum Gasteiger partial charge on any atom is 0.0761 e. The van der Waals surface area contributed by atoms with Crippen LogP contribution in [0.25, 0.3) is 0 Å². The molecule has 0 radical (unpaired) electrons. The van der Waals surface area contributed by atoms with Crippen molar-refractivity contribution in [1.82, 2.24) is 4.90 Å². The smallest absolute Gasteiger partial charge is 0.0761 e. The molecule has 1 aromatic carbocycles. The van der Waals surface area contributed by atoms with Gasteiger partial charge in [-0.15, -0.1) is 0 Å². The van der Waals surface area contributed by atoms with E-state index >= 15 is 0 Å². The van der Waals surface area contributed by atoms with E-state index in [1.165, 1.54) is 11.1 Å². The van der Waals surface area contributed by atoms with Crippen molar-refractivity contribution in [3.8, 4) is 0 Å². The van der Waals surface area contributed by atoms with Crippen molar-refractivity contribution in [2.75, 3.05) is 14.1 Å². The van der Waals surface area contributed by atoms with Gasteiger partial charge in [0.05, 0.1) is 6.10 Å². The molecule has 1 aromatic rings. The highest BCUT2D eigenvalue weighted by Gasteiger charge is 2.33. The predicted molar refractivity (Wildman–Crippen MR) is 82.6 cm³/mol. The van der Waals surface area contributed by atoms with E-state index in [9.17, 15) is 5.11 Å². The van der Waals surface area contributed by atoms with Crippen LogP contribution in [0.4, 0.5) is 0 Å². The second kappa shape index (κ2) is 6.53. The van der Waals surface area contributed by atoms with Gasteiger partial charge in [0.1, 0.15) is 0 Å². The van der Waals surface area contributed by atoms with Crippen LogP contribution in [-0.2, 0) is 6.42 Å². The summed E-state index contributed by atoms with van der Waals surface area (Å²) in [6.45, 7) is 8.65. The number of hydrogen-bond acceptors (Lipinski definition) is 2. The monoisotopic (exact) mass is 263 g/mol. The first-order valence-corrected chi connectivity index (χ1v) is 7.25. The molecule has 2 nitrogen and oxygen atoms in total. The number of hydrogen-bond donors (Lipinski definition) is 1. The van der Waals surface area contributed by atoms with Crippen LogP contribution in [-0.4, -0.2) is 35.7 Å². The predicted octanol–water partition coefficient (Wildman–Crippen LogP) is 3.44. The average Bonchev–Trinajstić information content (AvgIpc) is 2.37. The van der Waals surface area contributed by atoms with E-state index in [2.05, 4.69) is 56.9 Å². The molecule has 0 aromatic heterocycles. The molecular formula is C17H29NO. The Balaban J connectivity index is 2.78. The summed E-state index contributed by atoms with van der Waals surface area (Å²) in [5, 5.41) is 10.5. The van der Waals surface area contributed by atoms with Crippen LogP contribution in [0.3, 0.4) is 0 Å². The second-order valence-corrected chi connectivity index (χ2v) is 6.22. The quantitative estimate of drug-likeness (QED) is 0.850. The highest BCUT2D eigenvalue weighted by atomic mass is 16.3. The molecule has 19 heavy (non-hydrogen) atoms. The first-order chi connectivity index (χ1) is 8.81. The number of likely N-dealkylation sites (N-methyl/N-ethyl adjacent to an activating group) is 1. The van der Waals surface area contributed by atoms with Crippen LogP contribution in [0.1, 0.15) is 51.2 Å². The third kappa shape index (κ3) is 3.80. The minimum atomic E-state index is -0.350. The lowest BCUT2D eigenvalue weighted by Gasteiger charge is -2.40. The Bertz CT molecular complexity index is 383. The van der Waals surface area contributed by atoms with Crippen LogP contribution in [0.5, 0.6) is 0 Å². The van der Waals surface area contributed by atoms with Crippen molar-refractivity contribution in [1.29, 1.82) is 0 Å². The topological polar surface area (TPSA) is 23.5 Å². The summed E-state index contributed by atoms with van der Waals surface area (Å²) in [7, 11) is 4.07. The first-order valence-electron chi connectivity index (χ1n) is 7.25. The summed E-state index contributed by atoms with van der Waals surface area (Å²) in [5.41, 5.74) is 2.39. The Labute approximate surface area is 118 Å². The van der Waals surface area contributed by atoms with E-state index in [0.29, 0.717) is 12.3 Å². The minimum absolute atomic E-state index is 0.170. The van der Waals surface area contributed by atoms with E-state index in [0.717, 1.165) is 6.42 Å². The van der Waals surface area contributed by atoms with Crippen LogP contribution in [0.2, 0.25) is 0 Å². The van der Waals surface area contributed by atoms with Gasteiger partial charge in [-0.2, -0.15) is 0 Å². The fourth-order valence-corrected chi connectivity index (χ4v) is 2.33. The van der Waals surface area contributed by atoms with Crippen molar-refractivity contribution in [2.24, 2.45) is 0 Å². The third-order valence-corrected chi connectivity index (χ3v) is 4.53. The summed E-state index contributed by atoms with van der Waals surface area (Å²) < 4.78 is 0. The third-order valence-electron chi connectivity index (χ3n) is 4.53. The van der Waals surface area contributed by atoms with Gasteiger partial charge in [-0.05, 0) is 44.5 Å². The molecule has 1 rings (SSSR count). The Morgan fingerprint density at radius 1 is 1.16 bits per heavy atom. The molecule has 0 heterocycles. The molecule has 0 aliphatic rings. The fourth-order valence-electron chi connectivity index (χ4n) is 2.33. The van der Waals surface area contributed by atoms with E-state index < -0.39 is 0 Å². The molecule has 0 fully saturated rings. The highest BCUT2D eigenvalue weighted by Crippen LogP contribution is 2.24. The summed E-state index contributed by atoms with van der Waals surface area (Å²) >= 11 is 0. The van der Waals surface area contributed by atoms with Crippen LogP contribution < -0.4 is 0 Å². The number of benzene rings is 1. The van der Waals surface area contributed by atoms with Crippen LogP contribution in [0, 0.1) is 0 Å².